The number of ether oxygens (including phenoxy) is 2. The van der Waals surface area contributed by atoms with Crippen LogP contribution in [0.2, 0.25) is 0 Å². The summed E-state index contributed by atoms with van der Waals surface area (Å²) in [4.78, 5) is 27.5. The van der Waals surface area contributed by atoms with Crippen LogP contribution in [0.5, 0.6) is 0 Å². The number of carbonyl (C=O) groups excluding carboxylic acids is 1. The highest BCUT2D eigenvalue weighted by Crippen LogP contribution is 2.27. The molecule has 6 nitrogen and oxygen atoms in total. The van der Waals surface area contributed by atoms with Crippen LogP contribution in [-0.4, -0.2) is 42.9 Å². The standard InChI is InChI=1S/C19H28N2O4/c1-12(2)15-7-6-14(18(22)20-15)19(23)21-16-11-24-9-8-17(16)25-10-13-4-3-5-13/h6-7,12-13,16-17H,3-5,8-11H2,1-2H3,(H,20,22)(H,21,23)/t16-,17+/m1/s1. The Kier molecular flexibility index (Phi) is 5.91. The molecule has 1 saturated carbocycles. The maximum absolute atomic E-state index is 12.5. The minimum absolute atomic E-state index is 0.0488. The average molecular weight is 348 g/mol. The van der Waals surface area contributed by atoms with Crippen molar-refractivity contribution in [2.75, 3.05) is 19.8 Å². The normalized spacial score (nSPS) is 24.1. The van der Waals surface area contributed by atoms with E-state index in [4.69, 9.17) is 9.47 Å². The number of hydrogen-bond acceptors (Lipinski definition) is 4. The fourth-order valence-electron chi connectivity index (χ4n) is 3.22. The van der Waals surface area contributed by atoms with Gasteiger partial charge in [-0.1, -0.05) is 20.3 Å². The molecule has 3 rings (SSSR count). The third-order valence-electron chi connectivity index (χ3n) is 5.18. The van der Waals surface area contributed by atoms with E-state index in [0.717, 1.165) is 18.7 Å². The fourth-order valence-corrected chi connectivity index (χ4v) is 3.22. The van der Waals surface area contributed by atoms with E-state index in [-0.39, 0.29) is 35.1 Å². The van der Waals surface area contributed by atoms with E-state index >= 15 is 0 Å². The van der Waals surface area contributed by atoms with E-state index in [1.54, 1.807) is 12.1 Å². The second kappa shape index (κ2) is 8.15. The first-order chi connectivity index (χ1) is 12.0. The number of hydrogen-bond donors (Lipinski definition) is 2. The number of carbonyl (C=O) groups is 1. The molecule has 1 saturated heterocycles. The van der Waals surface area contributed by atoms with Crippen LogP contribution in [0, 0.1) is 5.92 Å². The zero-order chi connectivity index (χ0) is 17.8. The summed E-state index contributed by atoms with van der Waals surface area (Å²) in [6.07, 6.45) is 4.47. The first kappa shape index (κ1) is 18.1. The van der Waals surface area contributed by atoms with Gasteiger partial charge in [0.15, 0.2) is 0 Å². The molecule has 1 amide bonds. The van der Waals surface area contributed by atoms with Crippen LogP contribution < -0.4 is 10.9 Å². The minimum atomic E-state index is -0.371. The molecule has 0 aromatic carbocycles. The molecule has 1 aromatic rings. The van der Waals surface area contributed by atoms with E-state index in [9.17, 15) is 9.59 Å². The summed E-state index contributed by atoms with van der Waals surface area (Å²) in [6, 6.07) is 3.17. The highest BCUT2D eigenvalue weighted by atomic mass is 16.5. The van der Waals surface area contributed by atoms with Gasteiger partial charge in [0.1, 0.15) is 5.56 Å². The molecule has 2 fully saturated rings. The van der Waals surface area contributed by atoms with Gasteiger partial charge in [0.25, 0.3) is 11.5 Å². The first-order valence-electron chi connectivity index (χ1n) is 9.28. The molecule has 1 aliphatic carbocycles. The molecule has 1 aliphatic heterocycles. The van der Waals surface area contributed by atoms with Crippen LogP contribution in [0.1, 0.15) is 61.5 Å². The summed E-state index contributed by atoms with van der Waals surface area (Å²) in [7, 11) is 0. The van der Waals surface area contributed by atoms with Crippen molar-refractivity contribution >= 4 is 5.91 Å². The summed E-state index contributed by atoms with van der Waals surface area (Å²) < 4.78 is 11.5. The third kappa shape index (κ3) is 4.50. The Morgan fingerprint density at radius 3 is 2.80 bits per heavy atom. The molecule has 1 aromatic heterocycles. The van der Waals surface area contributed by atoms with Gasteiger partial charge in [-0.05, 0) is 43.2 Å². The van der Waals surface area contributed by atoms with Gasteiger partial charge in [-0.25, -0.2) is 0 Å². The Balaban J connectivity index is 1.62. The molecule has 2 aliphatic rings. The Morgan fingerprint density at radius 2 is 2.16 bits per heavy atom. The van der Waals surface area contributed by atoms with Gasteiger partial charge in [0.2, 0.25) is 0 Å². The van der Waals surface area contributed by atoms with Crippen molar-refractivity contribution in [2.45, 2.75) is 57.6 Å². The number of nitrogens with one attached hydrogen (secondary N) is 2. The largest absolute Gasteiger partial charge is 0.379 e. The molecule has 0 unspecified atom stereocenters. The Labute approximate surface area is 148 Å². The quantitative estimate of drug-likeness (QED) is 0.826. The number of rotatable bonds is 6. The van der Waals surface area contributed by atoms with Crippen LogP contribution in [0.4, 0.5) is 0 Å². The number of aromatic nitrogens is 1. The van der Waals surface area contributed by atoms with Crippen molar-refractivity contribution in [2.24, 2.45) is 5.92 Å². The Hall–Kier alpha value is -1.66. The van der Waals surface area contributed by atoms with Crippen molar-refractivity contribution in [1.82, 2.24) is 10.3 Å². The van der Waals surface area contributed by atoms with Crippen LogP contribution in [0.25, 0.3) is 0 Å². The van der Waals surface area contributed by atoms with Crippen molar-refractivity contribution in [1.29, 1.82) is 0 Å². The van der Waals surface area contributed by atoms with Gasteiger partial charge in [0.05, 0.1) is 18.8 Å². The minimum Gasteiger partial charge on any atom is -0.379 e. The van der Waals surface area contributed by atoms with Crippen LogP contribution in [0.3, 0.4) is 0 Å². The predicted octanol–water partition coefficient (Wildman–Crippen LogP) is 2.20. The van der Waals surface area contributed by atoms with Gasteiger partial charge >= 0.3 is 0 Å². The number of H-pyrrole nitrogens is 1. The summed E-state index contributed by atoms with van der Waals surface area (Å²) >= 11 is 0. The molecule has 2 heterocycles. The van der Waals surface area contributed by atoms with Crippen molar-refractivity contribution in [3.05, 3.63) is 33.7 Å². The number of amides is 1. The average Bonchev–Trinajstić information content (AvgIpc) is 2.54. The SMILES string of the molecule is CC(C)c1ccc(C(=O)N[C@@H]2COCC[C@@H]2OCC2CCC2)c(=O)[nH]1. The summed E-state index contributed by atoms with van der Waals surface area (Å²) in [5.74, 6) is 0.496. The number of aromatic amines is 1. The first-order valence-corrected chi connectivity index (χ1v) is 9.28. The number of pyridine rings is 1. The molecule has 25 heavy (non-hydrogen) atoms. The third-order valence-corrected chi connectivity index (χ3v) is 5.18. The Bertz CT molecular complexity index is 651. The highest BCUT2D eigenvalue weighted by Gasteiger charge is 2.30. The monoisotopic (exact) mass is 348 g/mol. The smallest absolute Gasteiger partial charge is 0.261 e. The molecule has 6 heteroatoms. The van der Waals surface area contributed by atoms with Gasteiger partial charge in [-0.15, -0.1) is 0 Å². The summed E-state index contributed by atoms with van der Waals surface area (Å²) in [5, 5.41) is 2.93. The van der Waals surface area contributed by atoms with E-state index in [1.807, 2.05) is 13.8 Å². The second-order valence-electron chi connectivity index (χ2n) is 7.42. The fraction of sp³-hybridized carbons (Fsp3) is 0.684. The lowest BCUT2D eigenvalue weighted by molar-refractivity contribution is -0.0696. The maximum Gasteiger partial charge on any atom is 0.261 e. The lowest BCUT2D eigenvalue weighted by Crippen LogP contribution is -2.51. The summed E-state index contributed by atoms with van der Waals surface area (Å²) in [6.45, 7) is 5.80. The van der Waals surface area contributed by atoms with E-state index < -0.39 is 0 Å². The lowest BCUT2D eigenvalue weighted by Gasteiger charge is -2.34. The zero-order valence-corrected chi connectivity index (χ0v) is 15.0. The topological polar surface area (TPSA) is 80.4 Å². The molecule has 2 N–H and O–H groups in total. The van der Waals surface area contributed by atoms with Crippen molar-refractivity contribution in [3.63, 3.8) is 0 Å². The summed E-state index contributed by atoms with van der Waals surface area (Å²) in [5.41, 5.74) is 0.601. The van der Waals surface area contributed by atoms with Crippen LogP contribution >= 0.6 is 0 Å². The van der Waals surface area contributed by atoms with Crippen LogP contribution in [0.15, 0.2) is 16.9 Å². The maximum atomic E-state index is 12.5. The van der Waals surface area contributed by atoms with Crippen molar-refractivity contribution < 1.29 is 14.3 Å². The molecule has 0 bridgehead atoms. The van der Waals surface area contributed by atoms with E-state index in [0.29, 0.717) is 19.1 Å². The van der Waals surface area contributed by atoms with Crippen LogP contribution in [-0.2, 0) is 9.47 Å². The molecule has 0 radical (unpaired) electrons. The molecular formula is C19H28N2O4. The van der Waals surface area contributed by atoms with Crippen molar-refractivity contribution in [3.8, 4) is 0 Å². The molecular weight excluding hydrogens is 320 g/mol. The van der Waals surface area contributed by atoms with Gasteiger partial charge in [-0.3, -0.25) is 9.59 Å². The lowest BCUT2D eigenvalue weighted by atomic mass is 9.86. The highest BCUT2D eigenvalue weighted by molar-refractivity contribution is 5.94. The zero-order valence-electron chi connectivity index (χ0n) is 15.0. The van der Waals surface area contributed by atoms with E-state index in [2.05, 4.69) is 10.3 Å². The van der Waals surface area contributed by atoms with Gasteiger partial charge < -0.3 is 19.8 Å². The van der Waals surface area contributed by atoms with E-state index in [1.165, 1.54) is 19.3 Å². The second-order valence-corrected chi connectivity index (χ2v) is 7.42. The van der Waals surface area contributed by atoms with Gasteiger partial charge in [-0.2, -0.15) is 0 Å². The predicted molar refractivity (Wildman–Crippen MR) is 94.9 cm³/mol. The molecule has 0 spiro atoms. The van der Waals surface area contributed by atoms with Gasteiger partial charge in [0, 0.05) is 18.9 Å². The molecule has 2 atom stereocenters. The Morgan fingerprint density at radius 1 is 1.36 bits per heavy atom. The molecule has 138 valence electrons.